The fourth-order valence-electron chi connectivity index (χ4n) is 2.29. The van der Waals surface area contributed by atoms with E-state index < -0.39 is 16.0 Å². The van der Waals surface area contributed by atoms with Gasteiger partial charge < -0.3 is 9.67 Å². The number of aryl methyl sites for hydroxylation is 1. The summed E-state index contributed by atoms with van der Waals surface area (Å²) in [7, 11) is -1.70. The van der Waals surface area contributed by atoms with E-state index in [2.05, 4.69) is 4.72 Å². The Morgan fingerprint density at radius 3 is 2.62 bits per heavy atom. The van der Waals surface area contributed by atoms with Gasteiger partial charge >= 0.3 is 5.97 Å². The summed E-state index contributed by atoms with van der Waals surface area (Å²) in [6, 6.07) is 1.55. The highest BCUT2D eigenvalue weighted by molar-refractivity contribution is 7.89. The van der Waals surface area contributed by atoms with Crippen molar-refractivity contribution in [3.63, 3.8) is 0 Å². The van der Waals surface area contributed by atoms with Crippen molar-refractivity contribution in [3.05, 3.63) is 18.5 Å². The average molecular weight is 316 g/mol. The minimum absolute atomic E-state index is 0.135. The third kappa shape index (κ3) is 6.31. The van der Waals surface area contributed by atoms with Crippen LogP contribution in [0.1, 0.15) is 39.0 Å². The van der Waals surface area contributed by atoms with Crippen molar-refractivity contribution < 1.29 is 18.3 Å². The van der Waals surface area contributed by atoms with Crippen LogP contribution < -0.4 is 4.72 Å². The van der Waals surface area contributed by atoms with E-state index in [9.17, 15) is 13.2 Å². The number of hydrogen-bond donors (Lipinski definition) is 2. The van der Waals surface area contributed by atoms with Crippen molar-refractivity contribution >= 4 is 16.0 Å². The minimum atomic E-state index is -3.47. The number of nitrogens with one attached hydrogen (secondary N) is 1. The third-order valence-electron chi connectivity index (χ3n) is 3.42. The molecule has 6 nitrogen and oxygen atoms in total. The molecule has 120 valence electrons. The molecule has 21 heavy (non-hydrogen) atoms. The molecular formula is C14H24N2O4S. The zero-order valence-corrected chi connectivity index (χ0v) is 13.4. The quantitative estimate of drug-likeness (QED) is 0.691. The van der Waals surface area contributed by atoms with Gasteiger partial charge in [-0.15, -0.1) is 0 Å². The molecule has 1 rings (SSSR count). The zero-order chi connectivity index (χ0) is 15.9. The molecule has 1 aromatic heterocycles. The monoisotopic (exact) mass is 316 g/mol. The summed E-state index contributed by atoms with van der Waals surface area (Å²) in [6.45, 7) is 2.38. The molecule has 0 radical (unpaired) electrons. The average Bonchev–Trinajstić information content (AvgIpc) is 2.83. The van der Waals surface area contributed by atoms with Crippen LogP contribution in [0.4, 0.5) is 0 Å². The maximum Gasteiger partial charge on any atom is 0.303 e. The van der Waals surface area contributed by atoms with Crippen molar-refractivity contribution in [1.29, 1.82) is 0 Å². The van der Waals surface area contributed by atoms with E-state index in [-0.39, 0.29) is 17.2 Å². The van der Waals surface area contributed by atoms with Gasteiger partial charge in [-0.1, -0.05) is 19.8 Å². The SMILES string of the molecule is CCCC(CCNS(=O)(=O)c1ccn(C)c1)CCC(=O)O. The van der Waals surface area contributed by atoms with Crippen molar-refractivity contribution in [1.82, 2.24) is 9.29 Å². The normalized spacial score (nSPS) is 13.2. The molecule has 1 atom stereocenters. The topological polar surface area (TPSA) is 88.4 Å². The molecule has 0 saturated heterocycles. The Bertz CT molecular complexity index is 551. The van der Waals surface area contributed by atoms with Crippen molar-refractivity contribution in [2.45, 2.75) is 43.9 Å². The summed E-state index contributed by atoms with van der Waals surface area (Å²) in [4.78, 5) is 10.9. The highest BCUT2D eigenvalue weighted by Crippen LogP contribution is 2.17. The Balaban J connectivity index is 2.47. The molecule has 1 unspecified atom stereocenters. The fourth-order valence-corrected chi connectivity index (χ4v) is 3.38. The van der Waals surface area contributed by atoms with Crippen LogP contribution in [0.5, 0.6) is 0 Å². The van der Waals surface area contributed by atoms with Crippen molar-refractivity contribution in [2.24, 2.45) is 13.0 Å². The van der Waals surface area contributed by atoms with E-state index in [1.165, 1.54) is 0 Å². The molecule has 0 bridgehead atoms. The molecule has 0 fully saturated rings. The second-order valence-electron chi connectivity index (χ2n) is 5.29. The highest BCUT2D eigenvalue weighted by atomic mass is 32.2. The number of aromatic nitrogens is 1. The standard InChI is InChI=1S/C14H24N2O4S/c1-3-4-12(5-6-14(17)18)7-9-15-21(19,20)13-8-10-16(2)11-13/h8,10-12,15H,3-7,9H2,1-2H3,(H,17,18). The van der Waals surface area contributed by atoms with Crippen LogP contribution >= 0.6 is 0 Å². The smallest absolute Gasteiger partial charge is 0.303 e. The lowest BCUT2D eigenvalue weighted by molar-refractivity contribution is -0.137. The van der Waals surface area contributed by atoms with Gasteiger partial charge in [0.2, 0.25) is 10.0 Å². The van der Waals surface area contributed by atoms with E-state index in [1.807, 2.05) is 6.92 Å². The van der Waals surface area contributed by atoms with E-state index in [4.69, 9.17) is 5.11 Å². The number of carboxylic acid groups (broad SMARTS) is 1. The molecular weight excluding hydrogens is 292 g/mol. The largest absolute Gasteiger partial charge is 0.481 e. The van der Waals surface area contributed by atoms with E-state index >= 15 is 0 Å². The van der Waals surface area contributed by atoms with Gasteiger partial charge in [0.25, 0.3) is 0 Å². The van der Waals surface area contributed by atoms with Crippen LogP contribution in [0.2, 0.25) is 0 Å². The number of sulfonamides is 1. The lowest BCUT2D eigenvalue weighted by Crippen LogP contribution is -2.26. The fraction of sp³-hybridized carbons (Fsp3) is 0.643. The number of carbonyl (C=O) groups is 1. The van der Waals surface area contributed by atoms with E-state index in [0.717, 1.165) is 12.8 Å². The summed E-state index contributed by atoms with van der Waals surface area (Å²) < 4.78 is 28.3. The predicted octanol–water partition coefficient (Wildman–Crippen LogP) is 1.97. The molecule has 0 aliphatic carbocycles. The first kappa shape index (κ1) is 17.7. The van der Waals surface area contributed by atoms with Gasteiger partial charge in [0.1, 0.15) is 0 Å². The molecule has 2 N–H and O–H groups in total. The number of hydrogen-bond acceptors (Lipinski definition) is 3. The first-order valence-corrected chi connectivity index (χ1v) is 8.67. The zero-order valence-electron chi connectivity index (χ0n) is 12.6. The number of aliphatic carboxylic acids is 1. The number of carboxylic acids is 1. The van der Waals surface area contributed by atoms with E-state index in [0.29, 0.717) is 19.4 Å². The predicted molar refractivity (Wildman–Crippen MR) is 80.5 cm³/mol. The van der Waals surface area contributed by atoms with Crippen LogP contribution in [0.15, 0.2) is 23.4 Å². The first-order chi connectivity index (χ1) is 9.85. The van der Waals surface area contributed by atoms with Gasteiger partial charge in [-0.05, 0) is 24.8 Å². The molecule has 7 heteroatoms. The summed E-state index contributed by atoms with van der Waals surface area (Å²) in [6.07, 6.45) is 6.51. The molecule has 0 aromatic carbocycles. The Morgan fingerprint density at radius 1 is 1.38 bits per heavy atom. The van der Waals surface area contributed by atoms with Gasteiger partial charge in [0, 0.05) is 32.4 Å². The third-order valence-corrected chi connectivity index (χ3v) is 4.87. The maximum atomic E-state index is 12.0. The lowest BCUT2D eigenvalue weighted by Gasteiger charge is -2.15. The van der Waals surface area contributed by atoms with Crippen LogP contribution in [0, 0.1) is 5.92 Å². The minimum Gasteiger partial charge on any atom is -0.481 e. The summed E-state index contributed by atoms with van der Waals surface area (Å²) in [5, 5.41) is 8.72. The van der Waals surface area contributed by atoms with Crippen molar-refractivity contribution in [2.75, 3.05) is 6.54 Å². The molecule has 0 aliphatic rings. The number of rotatable bonds is 10. The summed E-state index contributed by atoms with van der Waals surface area (Å²) in [5.41, 5.74) is 0. The molecule has 1 heterocycles. The second kappa shape index (κ2) is 8.19. The molecule has 0 aliphatic heterocycles. The second-order valence-corrected chi connectivity index (χ2v) is 7.05. The lowest BCUT2D eigenvalue weighted by atomic mass is 9.95. The van der Waals surface area contributed by atoms with Crippen molar-refractivity contribution in [3.8, 4) is 0 Å². The van der Waals surface area contributed by atoms with Crippen LogP contribution in [0.3, 0.4) is 0 Å². The van der Waals surface area contributed by atoms with Crippen LogP contribution in [-0.4, -0.2) is 30.6 Å². The highest BCUT2D eigenvalue weighted by Gasteiger charge is 2.16. The van der Waals surface area contributed by atoms with Gasteiger partial charge in [-0.3, -0.25) is 4.79 Å². The van der Waals surface area contributed by atoms with Gasteiger partial charge in [0.15, 0.2) is 0 Å². The van der Waals surface area contributed by atoms with Gasteiger partial charge in [-0.25, -0.2) is 13.1 Å². The Hall–Kier alpha value is -1.34. The molecule has 0 amide bonds. The maximum absolute atomic E-state index is 12.0. The Labute approximate surface area is 126 Å². The number of nitrogens with zero attached hydrogens (tertiary/aromatic N) is 1. The van der Waals surface area contributed by atoms with E-state index in [1.54, 1.807) is 30.1 Å². The molecule has 1 aromatic rings. The van der Waals surface area contributed by atoms with Crippen LogP contribution in [0.25, 0.3) is 0 Å². The Morgan fingerprint density at radius 2 is 2.10 bits per heavy atom. The summed E-state index contributed by atoms with van der Waals surface area (Å²) >= 11 is 0. The van der Waals surface area contributed by atoms with Gasteiger partial charge in [-0.2, -0.15) is 0 Å². The summed E-state index contributed by atoms with van der Waals surface area (Å²) in [5.74, 6) is -0.564. The Kier molecular flexibility index (Phi) is 6.91. The molecule has 0 saturated carbocycles. The first-order valence-electron chi connectivity index (χ1n) is 7.18. The van der Waals surface area contributed by atoms with Gasteiger partial charge in [0.05, 0.1) is 4.90 Å². The molecule has 0 spiro atoms. The van der Waals surface area contributed by atoms with Crippen LogP contribution in [-0.2, 0) is 21.9 Å².